The highest BCUT2D eigenvalue weighted by molar-refractivity contribution is 5.86. The third kappa shape index (κ3) is 4.14. The molecule has 0 bridgehead atoms. The fraction of sp³-hybridized carbons (Fsp3) is 0.773. The van der Waals surface area contributed by atoms with Gasteiger partial charge in [0.05, 0.1) is 12.1 Å². The fourth-order valence-corrected chi connectivity index (χ4v) is 4.31. The number of amides is 1. The highest BCUT2D eigenvalue weighted by Crippen LogP contribution is 2.48. The monoisotopic (exact) mass is 392 g/mol. The number of rotatable bonds is 7. The zero-order chi connectivity index (χ0) is 20.4. The zero-order valence-electron chi connectivity index (χ0n) is 17.8. The Hall–Kier alpha value is -1.37. The van der Waals surface area contributed by atoms with Gasteiger partial charge in [-0.2, -0.15) is 0 Å². The Bertz CT molecular complexity index is 625. The summed E-state index contributed by atoms with van der Waals surface area (Å²) in [6, 6.07) is 0.335. The summed E-state index contributed by atoms with van der Waals surface area (Å²) in [6.07, 6.45) is 9.78. The molecule has 1 unspecified atom stereocenters. The van der Waals surface area contributed by atoms with E-state index < -0.39 is 5.54 Å². The van der Waals surface area contributed by atoms with E-state index in [2.05, 4.69) is 23.2 Å². The molecule has 2 fully saturated rings. The summed E-state index contributed by atoms with van der Waals surface area (Å²) in [5, 5.41) is 13.0. The first-order valence-corrected chi connectivity index (χ1v) is 10.7. The number of hydrogen-bond acceptors (Lipinski definition) is 5. The second kappa shape index (κ2) is 8.56. The number of nitrogens with zero attached hydrogens (tertiary/aromatic N) is 1. The van der Waals surface area contributed by atoms with E-state index >= 15 is 0 Å². The molecule has 1 amide bonds. The van der Waals surface area contributed by atoms with Gasteiger partial charge in [0.1, 0.15) is 6.10 Å². The molecule has 1 saturated heterocycles. The van der Waals surface area contributed by atoms with Gasteiger partial charge in [-0.1, -0.05) is 13.3 Å². The van der Waals surface area contributed by atoms with Gasteiger partial charge in [0.15, 0.2) is 5.88 Å². The summed E-state index contributed by atoms with van der Waals surface area (Å²) in [4.78, 5) is 15.3. The highest BCUT2D eigenvalue weighted by Gasteiger charge is 2.42. The van der Waals surface area contributed by atoms with Gasteiger partial charge in [-0.15, -0.1) is 0 Å². The Balaban J connectivity index is 1.72. The summed E-state index contributed by atoms with van der Waals surface area (Å²) < 4.78 is 11.5. The van der Waals surface area contributed by atoms with Crippen molar-refractivity contribution in [3.8, 4) is 0 Å². The average Bonchev–Trinajstić information content (AvgIpc) is 2.67. The maximum absolute atomic E-state index is 13.1. The lowest BCUT2D eigenvalue weighted by atomic mass is 9.64. The Kier molecular flexibility index (Phi) is 6.52. The van der Waals surface area contributed by atoms with Crippen LogP contribution in [0, 0.1) is 5.41 Å². The lowest BCUT2D eigenvalue weighted by molar-refractivity contribution is -0.133. The maximum Gasteiger partial charge on any atom is 0.246 e. The predicted molar refractivity (Wildman–Crippen MR) is 109 cm³/mol. The van der Waals surface area contributed by atoms with Crippen LogP contribution in [-0.4, -0.2) is 60.5 Å². The van der Waals surface area contributed by atoms with Gasteiger partial charge in [-0.25, -0.2) is 0 Å². The number of hydrogen-bond donors (Lipinski definition) is 2. The van der Waals surface area contributed by atoms with Gasteiger partial charge < -0.3 is 14.6 Å². The average molecular weight is 393 g/mol. The van der Waals surface area contributed by atoms with Crippen LogP contribution in [0.2, 0.25) is 0 Å². The van der Waals surface area contributed by atoms with Crippen LogP contribution in [0.25, 0.3) is 0 Å². The van der Waals surface area contributed by atoms with Crippen molar-refractivity contribution in [2.45, 2.75) is 77.0 Å². The molecule has 6 heteroatoms. The number of allylic oxidation sites excluding steroid dienone is 1. The Morgan fingerprint density at radius 2 is 2.04 bits per heavy atom. The number of aliphatic hydroxyl groups is 1. The topological polar surface area (TPSA) is 71.0 Å². The second-order valence-electron chi connectivity index (χ2n) is 8.95. The van der Waals surface area contributed by atoms with Gasteiger partial charge in [0, 0.05) is 30.7 Å². The maximum atomic E-state index is 13.1. The molecule has 1 saturated carbocycles. The van der Waals surface area contributed by atoms with Crippen LogP contribution >= 0.6 is 0 Å². The summed E-state index contributed by atoms with van der Waals surface area (Å²) in [5.41, 5.74) is 0.271. The number of aliphatic hydroxyl groups excluding tert-OH is 1. The van der Waals surface area contributed by atoms with Crippen LogP contribution < -0.4 is 5.32 Å². The first-order valence-electron chi connectivity index (χ1n) is 10.7. The smallest absolute Gasteiger partial charge is 0.246 e. The lowest BCUT2D eigenvalue weighted by Gasteiger charge is -2.44. The molecule has 0 spiro atoms. The number of carbonyl (C=O) groups excluding carboxylic acids is 1. The molecule has 3 aliphatic rings. The summed E-state index contributed by atoms with van der Waals surface area (Å²) in [6.45, 7) is 7.61. The molecule has 1 atom stereocenters. The van der Waals surface area contributed by atoms with Crippen molar-refractivity contribution in [2.75, 3.05) is 26.9 Å². The molecule has 0 aromatic rings. The number of likely N-dealkylation sites (N-methyl/N-ethyl adjacent to an activating group) is 1. The van der Waals surface area contributed by atoms with Gasteiger partial charge in [0.2, 0.25) is 5.91 Å². The zero-order valence-corrected chi connectivity index (χ0v) is 17.8. The normalized spacial score (nSPS) is 25.4. The first kappa shape index (κ1) is 21.3. The van der Waals surface area contributed by atoms with Crippen molar-refractivity contribution in [1.82, 2.24) is 10.2 Å². The van der Waals surface area contributed by atoms with E-state index in [0.29, 0.717) is 11.9 Å². The highest BCUT2D eigenvalue weighted by atomic mass is 16.5. The summed E-state index contributed by atoms with van der Waals surface area (Å²) in [5.74, 6) is 0.429. The largest absolute Gasteiger partial charge is 0.471 e. The van der Waals surface area contributed by atoms with Gasteiger partial charge in [-0.05, 0) is 64.6 Å². The molecule has 1 aliphatic carbocycles. The molecule has 158 valence electrons. The van der Waals surface area contributed by atoms with Crippen molar-refractivity contribution >= 4 is 5.91 Å². The third-order valence-electron chi connectivity index (χ3n) is 6.97. The van der Waals surface area contributed by atoms with E-state index in [9.17, 15) is 9.90 Å². The van der Waals surface area contributed by atoms with Crippen molar-refractivity contribution in [2.24, 2.45) is 5.41 Å². The van der Waals surface area contributed by atoms with Crippen LogP contribution in [0.3, 0.4) is 0 Å². The van der Waals surface area contributed by atoms with Crippen LogP contribution in [0.5, 0.6) is 0 Å². The number of carbonyl (C=O) groups is 1. The Labute approximate surface area is 168 Å². The van der Waals surface area contributed by atoms with Gasteiger partial charge in [-0.3, -0.25) is 15.0 Å². The molecule has 2 N–H and O–H groups in total. The van der Waals surface area contributed by atoms with Gasteiger partial charge in [0.25, 0.3) is 0 Å². The SMILES string of the molecule is CCC1C=C(C2(CO)CCC2)C=C(NC(=O)C(C)(C)N(C)C2CCOCC2)O1. The molecule has 0 aromatic carbocycles. The van der Waals surface area contributed by atoms with Crippen molar-refractivity contribution in [1.29, 1.82) is 0 Å². The molecule has 6 nitrogen and oxygen atoms in total. The molecule has 3 rings (SSSR count). The van der Waals surface area contributed by atoms with E-state index in [1.165, 1.54) is 0 Å². The van der Waals surface area contributed by atoms with Crippen molar-refractivity contribution in [3.63, 3.8) is 0 Å². The molecular formula is C22H36N2O4. The number of ether oxygens (including phenoxy) is 2. The second-order valence-corrected chi connectivity index (χ2v) is 8.95. The molecule has 2 heterocycles. The fourth-order valence-electron chi connectivity index (χ4n) is 4.31. The first-order chi connectivity index (χ1) is 13.3. The van der Waals surface area contributed by atoms with Crippen molar-refractivity contribution in [3.05, 3.63) is 23.6 Å². The summed E-state index contributed by atoms with van der Waals surface area (Å²) in [7, 11) is 2.01. The van der Waals surface area contributed by atoms with Crippen LogP contribution in [0.15, 0.2) is 23.6 Å². The molecule has 2 aliphatic heterocycles. The van der Waals surface area contributed by atoms with E-state index in [0.717, 1.165) is 57.3 Å². The molecule has 0 aromatic heterocycles. The lowest BCUT2D eigenvalue weighted by Crippen LogP contribution is -2.57. The van der Waals surface area contributed by atoms with Gasteiger partial charge >= 0.3 is 0 Å². The minimum absolute atomic E-state index is 0.0735. The molecular weight excluding hydrogens is 356 g/mol. The standard InChI is InChI=1S/C22H36N2O4/c1-5-18-13-16(22(15-25)9-6-10-22)14-19(28-18)23-20(26)21(2,3)24(4)17-7-11-27-12-8-17/h13-14,17-18,25H,5-12,15H2,1-4H3,(H,23,26). The van der Waals surface area contributed by atoms with Crippen LogP contribution in [0.1, 0.15) is 59.3 Å². The number of nitrogens with one attached hydrogen (secondary N) is 1. The predicted octanol–water partition coefficient (Wildman–Crippen LogP) is 2.73. The minimum atomic E-state index is -0.666. The Morgan fingerprint density at radius 1 is 1.36 bits per heavy atom. The van der Waals surface area contributed by atoms with Crippen molar-refractivity contribution < 1.29 is 19.4 Å². The van der Waals surface area contributed by atoms with E-state index in [4.69, 9.17) is 9.47 Å². The van der Waals surface area contributed by atoms with E-state index in [1.807, 2.05) is 27.0 Å². The summed E-state index contributed by atoms with van der Waals surface area (Å²) >= 11 is 0. The minimum Gasteiger partial charge on any atom is -0.471 e. The third-order valence-corrected chi connectivity index (χ3v) is 6.97. The van der Waals surface area contributed by atoms with Crippen LogP contribution in [-0.2, 0) is 14.3 Å². The van der Waals surface area contributed by atoms with E-state index in [1.54, 1.807) is 0 Å². The molecule has 0 radical (unpaired) electrons. The van der Waals surface area contributed by atoms with E-state index in [-0.39, 0.29) is 24.0 Å². The Morgan fingerprint density at radius 3 is 2.57 bits per heavy atom. The quantitative estimate of drug-likeness (QED) is 0.697. The molecule has 28 heavy (non-hydrogen) atoms. The van der Waals surface area contributed by atoms with Crippen LogP contribution in [0.4, 0.5) is 0 Å².